The Morgan fingerprint density at radius 2 is 2.09 bits per heavy atom. The van der Waals surface area contributed by atoms with Crippen molar-refractivity contribution in [3.05, 3.63) is 76.1 Å². The molecule has 32 heavy (non-hydrogen) atoms. The number of nitrogens with zero attached hydrogens (tertiary/aromatic N) is 4. The van der Waals surface area contributed by atoms with E-state index >= 15 is 0 Å². The number of hydrazone groups is 1. The molecule has 1 heterocycles. The van der Waals surface area contributed by atoms with Crippen LogP contribution in [-0.4, -0.2) is 39.7 Å². The quantitative estimate of drug-likeness (QED) is 0.121. The maximum Gasteiger partial charge on any atom is 0.250 e. The molecule has 0 aliphatic heterocycles. The monoisotopic (exact) mass is 562 g/mol. The summed E-state index contributed by atoms with van der Waals surface area (Å²) >= 11 is 3.57. The average Bonchev–Trinajstić information content (AvgIpc) is 3.19. The molecule has 0 unspecified atom stereocenters. The standard InChI is InChI=1S/C22H23IN6O2S/c1-3-11-29-20(14-24-18-9-7-17(23)8-10-18)26-28-22(29)32-15-21(30)27-25-13-16-5-4-6-19(12-16)31-2/h3-10,12-13,24H,1,11,14-15H2,2H3,(H,27,30)/b25-13-. The Morgan fingerprint density at radius 3 is 2.84 bits per heavy atom. The van der Waals surface area contributed by atoms with Crippen LogP contribution in [0.2, 0.25) is 0 Å². The number of rotatable bonds is 11. The summed E-state index contributed by atoms with van der Waals surface area (Å²) in [7, 11) is 1.60. The number of allylic oxidation sites excluding steroid dienone is 1. The SMILES string of the molecule is C=CCn1c(CNc2ccc(I)cc2)nnc1SCC(=O)N/N=C\c1cccc(OC)c1. The highest BCUT2D eigenvalue weighted by atomic mass is 127. The number of benzene rings is 2. The predicted molar refractivity (Wildman–Crippen MR) is 136 cm³/mol. The average molecular weight is 562 g/mol. The normalized spacial score (nSPS) is 10.8. The highest BCUT2D eigenvalue weighted by molar-refractivity contribution is 14.1. The molecule has 2 aromatic carbocycles. The number of ether oxygens (including phenoxy) is 1. The van der Waals surface area contributed by atoms with Crippen molar-refractivity contribution in [3.63, 3.8) is 0 Å². The van der Waals surface area contributed by atoms with Gasteiger partial charge < -0.3 is 14.6 Å². The number of aromatic nitrogens is 3. The summed E-state index contributed by atoms with van der Waals surface area (Å²) in [6, 6.07) is 15.5. The molecule has 2 N–H and O–H groups in total. The summed E-state index contributed by atoms with van der Waals surface area (Å²) in [6.07, 6.45) is 3.35. The van der Waals surface area contributed by atoms with Crippen LogP contribution >= 0.6 is 34.4 Å². The second-order valence-corrected chi connectivity index (χ2v) is 8.71. The van der Waals surface area contributed by atoms with Crippen molar-refractivity contribution in [3.8, 4) is 5.75 Å². The van der Waals surface area contributed by atoms with Crippen molar-refractivity contribution >= 4 is 52.2 Å². The summed E-state index contributed by atoms with van der Waals surface area (Å²) in [5, 5.41) is 16.5. The molecule has 0 bridgehead atoms. The molecule has 0 aliphatic carbocycles. The van der Waals surface area contributed by atoms with E-state index in [0.29, 0.717) is 18.2 Å². The van der Waals surface area contributed by atoms with Gasteiger partial charge in [-0.1, -0.05) is 30.0 Å². The Bertz CT molecular complexity index is 1080. The minimum Gasteiger partial charge on any atom is -0.497 e. The van der Waals surface area contributed by atoms with Crippen LogP contribution in [0.25, 0.3) is 0 Å². The van der Waals surface area contributed by atoms with Crippen LogP contribution in [0.1, 0.15) is 11.4 Å². The van der Waals surface area contributed by atoms with Crippen LogP contribution < -0.4 is 15.5 Å². The zero-order valence-corrected chi connectivity index (χ0v) is 20.5. The topological polar surface area (TPSA) is 93.4 Å². The molecule has 0 spiro atoms. The predicted octanol–water partition coefficient (Wildman–Crippen LogP) is 3.93. The van der Waals surface area contributed by atoms with E-state index in [1.54, 1.807) is 19.4 Å². The highest BCUT2D eigenvalue weighted by Gasteiger charge is 2.13. The minimum atomic E-state index is -0.235. The molecule has 0 aliphatic rings. The van der Waals surface area contributed by atoms with E-state index in [2.05, 4.69) is 55.2 Å². The lowest BCUT2D eigenvalue weighted by Crippen LogP contribution is -2.20. The van der Waals surface area contributed by atoms with Crippen molar-refractivity contribution in [2.24, 2.45) is 5.10 Å². The fraction of sp³-hybridized carbons (Fsp3) is 0.182. The summed E-state index contributed by atoms with van der Waals surface area (Å²) in [4.78, 5) is 12.2. The molecular formula is C22H23IN6O2S. The van der Waals surface area contributed by atoms with Gasteiger partial charge >= 0.3 is 0 Å². The van der Waals surface area contributed by atoms with E-state index in [-0.39, 0.29) is 11.7 Å². The number of nitrogens with one attached hydrogen (secondary N) is 2. The molecular weight excluding hydrogens is 539 g/mol. The van der Waals surface area contributed by atoms with Gasteiger partial charge in [0, 0.05) is 15.8 Å². The van der Waals surface area contributed by atoms with Gasteiger partial charge in [-0.05, 0) is 64.6 Å². The Kier molecular flexibility index (Phi) is 9.11. The first kappa shape index (κ1) is 23.8. The molecule has 0 fully saturated rings. The molecule has 0 saturated carbocycles. The van der Waals surface area contributed by atoms with E-state index in [1.165, 1.54) is 15.3 Å². The largest absolute Gasteiger partial charge is 0.497 e. The van der Waals surface area contributed by atoms with Crippen LogP contribution in [-0.2, 0) is 17.9 Å². The van der Waals surface area contributed by atoms with Crippen LogP contribution in [0.4, 0.5) is 5.69 Å². The molecule has 0 radical (unpaired) electrons. The van der Waals surface area contributed by atoms with E-state index in [0.717, 1.165) is 22.8 Å². The maximum atomic E-state index is 12.2. The second-order valence-electron chi connectivity index (χ2n) is 6.52. The lowest BCUT2D eigenvalue weighted by atomic mass is 10.2. The number of hydrogen-bond acceptors (Lipinski definition) is 7. The summed E-state index contributed by atoms with van der Waals surface area (Å²) in [5.41, 5.74) is 4.35. The lowest BCUT2D eigenvalue weighted by Gasteiger charge is -2.09. The highest BCUT2D eigenvalue weighted by Crippen LogP contribution is 2.18. The fourth-order valence-corrected chi connectivity index (χ4v) is 3.80. The van der Waals surface area contributed by atoms with Gasteiger partial charge in [-0.25, -0.2) is 5.43 Å². The zero-order chi connectivity index (χ0) is 22.8. The van der Waals surface area contributed by atoms with Crippen molar-refractivity contribution < 1.29 is 9.53 Å². The number of halogens is 1. The van der Waals surface area contributed by atoms with Gasteiger partial charge in [0.15, 0.2) is 11.0 Å². The molecule has 0 saturated heterocycles. The lowest BCUT2D eigenvalue weighted by molar-refractivity contribution is -0.118. The third kappa shape index (κ3) is 7.09. The molecule has 1 amide bonds. The van der Waals surface area contributed by atoms with Gasteiger partial charge in [-0.3, -0.25) is 4.79 Å². The van der Waals surface area contributed by atoms with Gasteiger partial charge in [-0.2, -0.15) is 5.10 Å². The molecule has 3 rings (SSSR count). The van der Waals surface area contributed by atoms with Crippen molar-refractivity contribution in [1.29, 1.82) is 0 Å². The number of anilines is 1. The van der Waals surface area contributed by atoms with E-state index < -0.39 is 0 Å². The third-order valence-electron chi connectivity index (χ3n) is 4.23. The van der Waals surface area contributed by atoms with Gasteiger partial charge in [-0.15, -0.1) is 16.8 Å². The van der Waals surface area contributed by atoms with E-state index in [4.69, 9.17) is 4.74 Å². The Morgan fingerprint density at radius 1 is 1.28 bits per heavy atom. The van der Waals surface area contributed by atoms with Crippen LogP contribution in [0.15, 0.2) is 71.4 Å². The second kappa shape index (κ2) is 12.2. The smallest absolute Gasteiger partial charge is 0.250 e. The first-order valence-electron chi connectivity index (χ1n) is 9.70. The van der Waals surface area contributed by atoms with Crippen molar-refractivity contribution in [1.82, 2.24) is 20.2 Å². The van der Waals surface area contributed by atoms with Crippen LogP contribution in [0, 0.1) is 3.57 Å². The molecule has 3 aromatic rings. The first-order valence-corrected chi connectivity index (χ1v) is 11.8. The van der Waals surface area contributed by atoms with Crippen LogP contribution in [0.5, 0.6) is 5.75 Å². The number of amides is 1. The summed E-state index contributed by atoms with van der Waals surface area (Å²) in [5.74, 6) is 1.42. The number of thioether (sulfide) groups is 1. The number of carbonyl (C=O) groups is 1. The Labute approximate surface area is 204 Å². The fourth-order valence-electron chi connectivity index (χ4n) is 2.68. The van der Waals surface area contributed by atoms with E-state index in [9.17, 15) is 4.79 Å². The molecule has 10 heteroatoms. The number of methoxy groups -OCH3 is 1. The maximum absolute atomic E-state index is 12.2. The van der Waals surface area contributed by atoms with Gasteiger partial charge in [0.25, 0.3) is 5.91 Å². The van der Waals surface area contributed by atoms with Gasteiger partial charge in [0.05, 0.1) is 25.6 Å². The third-order valence-corrected chi connectivity index (χ3v) is 5.91. The first-order chi connectivity index (χ1) is 15.6. The number of carbonyl (C=O) groups excluding carboxylic acids is 1. The van der Waals surface area contributed by atoms with Gasteiger partial charge in [0.1, 0.15) is 5.75 Å². The van der Waals surface area contributed by atoms with Crippen molar-refractivity contribution in [2.75, 3.05) is 18.2 Å². The zero-order valence-electron chi connectivity index (χ0n) is 17.5. The Balaban J connectivity index is 1.54. The van der Waals surface area contributed by atoms with E-state index in [1.807, 2.05) is 53.1 Å². The molecule has 8 nitrogen and oxygen atoms in total. The molecule has 0 atom stereocenters. The molecule has 1 aromatic heterocycles. The molecule has 166 valence electrons. The van der Waals surface area contributed by atoms with Crippen LogP contribution in [0.3, 0.4) is 0 Å². The van der Waals surface area contributed by atoms with Gasteiger partial charge in [0.2, 0.25) is 0 Å². The summed E-state index contributed by atoms with van der Waals surface area (Å²) < 4.78 is 8.28. The summed E-state index contributed by atoms with van der Waals surface area (Å²) in [6.45, 7) is 4.87. The van der Waals surface area contributed by atoms with Crippen molar-refractivity contribution in [2.45, 2.75) is 18.2 Å². The number of hydrogen-bond donors (Lipinski definition) is 2. The Hall–Kier alpha value is -2.86. The minimum absolute atomic E-state index is 0.162.